The van der Waals surface area contributed by atoms with Crippen molar-refractivity contribution in [2.24, 2.45) is 0 Å². The normalized spacial score (nSPS) is 10.3. The number of hydrogen-bond acceptors (Lipinski definition) is 2. The molecule has 0 spiro atoms. The average molecular weight is 201 g/mol. The zero-order chi connectivity index (χ0) is 10.8. The molecule has 2 heteroatoms. The van der Waals surface area contributed by atoms with Crippen LogP contribution in [0.3, 0.4) is 0 Å². The maximum Gasteiger partial charge on any atom is 0.142 e. The van der Waals surface area contributed by atoms with Crippen LogP contribution in [-0.2, 0) is 0 Å². The quantitative estimate of drug-likeness (QED) is 0.740. The summed E-state index contributed by atoms with van der Waals surface area (Å²) in [6, 6.07) is 12.5. The van der Waals surface area contributed by atoms with Crippen molar-refractivity contribution in [1.29, 1.82) is 0 Å². The standard InChI is InChI=1S/C13H15NO/c1-14(2)12-8-10-6-4-5-7-11(10)9-13(12)15-3/h4-9H,1-3H3. The maximum absolute atomic E-state index is 5.37. The number of nitrogens with zero attached hydrogens (tertiary/aromatic N) is 1. The van der Waals surface area contributed by atoms with Crippen LogP contribution in [0.15, 0.2) is 36.4 Å². The third-order valence-corrected chi connectivity index (χ3v) is 2.53. The molecule has 0 heterocycles. The molecule has 2 aromatic carbocycles. The number of ether oxygens (including phenoxy) is 1. The largest absolute Gasteiger partial charge is 0.495 e. The van der Waals surface area contributed by atoms with Crippen molar-refractivity contribution in [2.75, 3.05) is 26.1 Å². The molecule has 0 aromatic heterocycles. The van der Waals surface area contributed by atoms with E-state index in [0.29, 0.717) is 0 Å². The SMILES string of the molecule is COc1cc2ccccc2cc1N(C)C. The number of fused-ring (bicyclic) bond motifs is 1. The van der Waals surface area contributed by atoms with Gasteiger partial charge in [0.1, 0.15) is 5.75 Å². The molecular weight excluding hydrogens is 186 g/mol. The maximum atomic E-state index is 5.37. The van der Waals surface area contributed by atoms with Crippen LogP contribution < -0.4 is 9.64 Å². The predicted octanol–water partition coefficient (Wildman–Crippen LogP) is 2.91. The van der Waals surface area contributed by atoms with Crippen LogP contribution in [0.4, 0.5) is 5.69 Å². The van der Waals surface area contributed by atoms with E-state index in [0.717, 1.165) is 11.4 Å². The summed E-state index contributed by atoms with van der Waals surface area (Å²) in [6.45, 7) is 0. The van der Waals surface area contributed by atoms with E-state index < -0.39 is 0 Å². The van der Waals surface area contributed by atoms with Crippen LogP contribution in [0.1, 0.15) is 0 Å². The second kappa shape index (κ2) is 3.81. The van der Waals surface area contributed by atoms with Crippen molar-refractivity contribution >= 4 is 16.5 Å². The molecule has 78 valence electrons. The number of hydrogen-bond donors (Lipinski definition) is 0. The van der Waals surface area contributed by atoms with Gasteiger partial charge in [-0.25, -0.2) is 0 Å². The molecule has 15 heavy (non-hydrogen) atoms. The second-order valence-corrected chi connectivity index (χ2v) is 3.77. The minimum atomic E-state index is 0.915. The first-order valence-electron chi connectivity index (χ1n) is 4.96. The highest BCUT2D eigenvalue weighted by atomic mass is 16.5. The van der Waals surface area contributed by atoms with Gasteiger partial charge in [0.2, 0.25) is 0 Å². The van der Waals surface area contributed by atoms with Gasteiger partial charge in [0.15, 0.2) is 0 Å². The predicted molar refractivity (Wildman–Crippen MR) is 64.8 cm³/mol. The summed E-state index contributed by atoms with van der Waals surface area (Å²) in [5.74, 6) is 0.915. The molecule has 0 aliphatic rings. The zero-order valence-corrected chi connectivity index (χ0v) is 9.32. The van der Waals surface area contributed by atoms with Gasteiger partial charge in [-0.3, -0.25) is 0 Å². The van der Waals surface area contributed by atoms with Crippen molar-refractivity contribution in [2.45, 2.75) is 0 Å². The van der Waals surface area contributed by atoms with Gasteiger partial charge in [-0.05, 0) is 22.9 Å². The molecule has 2 nitrogen and oxygen atoms in total. The molecule has 0 aliphatic carbocycles. The summed E-state index contributed by atoms with van der Waals surface area (Å²) < 4.78 is 5.37. The molecule has 0 aliphatic heterocycles. The summed E-state index contributed by atoms with van der Waals surface area (Å²) in [4.78, 5) is 2.06. The first kappa shape index (κ1) is 9.84. The molecule has 0 saturated heterocycles. The molecule has 0 N–H and O–H groups in total. The van der Waals surface area contributed by atoms with Crippen LogP contribution in [0.25, 0.3) is 10.8 Å². The molecule has 2 rings (SSSR count). The summed E-state index contributed by atoms with van der Waals surface area (Å²) in [6.07, 6.45) is 0. The van der Waals surface area contributed by atoms with Crippen molar-refractivity contribution in [1.82, 2.24) is 0 Å². The van der Waals surface area contributed by atoms with Crippen LogP contribution in [-0.4, -0.2) is 21.2 Å². The Morgan fingerprint density at radius 3 is 2.13 bits per heavy atom. The van der Waals surface area contributed by atoms with E-state index in [1.165, 1.54) is 10.8 Å². The first-order chi connectivity index (χ1) is 7.22. The molecule has 0 fully saturated rings. The highest BCUT2D eigenvalue weighted by molar-refractivity contribution is 5.88. The molecule has 0 radical (unpaired) electrons. The Morgan fingerprint density at radius 2 is 1.60 bits per heavy atom. The molecule has 2 aromatic rings. The second-order valence-electron chi connectivity index (χ2n) is 3.77. The molecule has 0 amide bonds. The van der Waals surface area contributed by atoms with E-state index >= 15 is 0 Å². The van der Waals surface area contributed by atoms with E-state index in [1.807, 2.05) is 26.2 Å². The summed E-state index contributed by atoms with van der Waals surface area (Å²) in [7, 11) is 5.75. The van der Waals surface area contributed by atoms with E-state index in [4.69, 9.17) is 4.74 Å². The van der Waals surface area contributed by atoms with Crippen LogP contribution in [0.5, 0.6) is 5.75 Å². The minimum Gasteiger partial charge on any atom is -0.495 e. The van der Waals surface area contributed by atoms with E-state index in [9.17, 15) is 0 Å². The number of anilines is 1. The Balaban J connectivity index is 2.69. The molecule has 0 saturated carbocycles. The Morgan fingerprint density at radius 1 is 1.00 bits per heavy atom. The van der Waals surface area contributed by atoms with Crippen molar-refractivity contribution in [3.8, 4) is 5.75 Å². The topological polar surface area (TPSA) is 12.5 Å². The van der Waals surface area contributed by atoms with Gasteiger partial charge < -0.3 is 9.64 Å². The number of benzene rings is 2. The summed E-state index contributed by atoms with van der Waals surface area (Å²) in [5, 5.41) is 2.45. The van der Waals surface area contributed by atoms with E-state index in [-0.39, 0.29) is 0 Å². The lowest BCUT2D eigenvalue weighted by Gasteiger charge is -2.17. The van der Waals surface area contributed by atoms with Crippen molar-refractivity contribution in [3.05, 3.63) is 36.4 Å². The Hall–Kier alpha value is -1.70. The summed E-state index contributed by atoms with van der Waals surface area (Å²) in [5.41, 5.74) is 1.11. The Labute approximate surface area is 90.1 Å². The van der Waals surface area contributed by atoms with Crippen LogP contribution in [0, 0.1) is 0 Å². The number of methoxy groups -OCH3 is 1. The highest BCUT2D eigenvalue weighted by Gasteiger charge is 2.06. The smallest absolute Gasteiger partial charge is 0.142 e. The lowest BCUT2D eigenvalue weighted by Crippen LogP contribution is -2.09. The number of rotatable bonds is 2. The summed E-state index contributed by atoms with van der Waals surface area (Å²) >= 11 is 0. The molecule has 0 atom stereocenters. The van der Waals surface area contributed by atoms with Gasteiger partial charge in [-0.2, -0.15) is 0 Å². The third kappa shape index (κ3) is 1.75. The fraction of sp³-hybridized carbons (Fsp3) is 0.231. The van der Waals surface area contributed by atoms with Crippen LogP contribution >= 0.6 is 0 Å². The van der Waals surface area contributed by atoms with Gasteiger partial charge in [0.25, 0.3) is 0 Å². The monoisotopic (exact) mass is 201 g/mol. The van der Waals surface area contributed by atoms with Gasteiger partial charge in [-0.15, -0.1) is 0 Å². The lowest BCUT2D eigenvalue weighted by molar-refractivity contribution is 0.416. The van der Waals surface area contributed by atoms with Crippen molar-refractivity contribution in [3.63, 3.8) is 0 Å². The molecule has 0 unspecified atom stereocenters. The van der Waals surface area contributed by atoms with Gasteiger partial charge in [0.05, 0.1) is 12.8 Å². The Kier molecular flexibility index (Phi) is 2.50. The minimum absolute atomic E-state index is 0.915. The van der Waals surface area contributed by atoms with Crippen LogP contribution in [0.2, 0.25) is 0 Å². The fourth-order valence-corrected chi connectivity index (χ4v) is 1.72. The van der Waals surface area contributed by atoms with E-state index in [2.05, 4.69) is 29.2 Å². The van der Waals surface area contributed by atoms with Gasteiger partial charge in [0, 0.05) is 14.1 Å². The fourth-order valence-electron chi connectivity index (χ4n) is 1.72. The average Bonchev–Trinajstić information content (AvgIpc) is 2.27. The third-order valence-electron chi connectivity index (χ3n) is 2.53. The lowest BCUT2D eigenvalue weighted by atomic mass is 10.1. The first-order valence-corrected chi connectivity index (χ1v) is 4.96. The van der Waals surface area contributed by atoms with Gasteiger partial charge >= 0.3 is 0 Å². The van der Waals surface area contributed by atoms with E-state index in [1.54, 1.807) is 7.11 Å². The molecule has 0 bridgehead atoms. The highest BCUT2D eigenvalue weighted by Crippen LogP contribution is 2.31. The molecular formula is C13H15NO. The zero-order valence-electron chi connectivity index (χ0n) is 9.32. The Bertz CT molecular complexity index is 477. The van der Waals surface area contributed by atoms with Crippen molar-refractivity contribution < 1.29 is 4.74 Å². The van der Waals surface area contributed by atoms with Gasteiger partial charge in [-0.1, -0.05) is 24.3 Å².